The van der Waals surface area contributed by atoms with Crippen molar-refractivity contribution < 1.29 is 9.90 Å². The van der Waals surface area contributed by atoms with Crippen LogP contribution in [0.15, 0.2) is 12.2 Å². The van der Waals surface area contributed by atoms with E-state index in [2.05, 4.69) is 88.6 Å². The first-order chi connectivity index (χ1) is 23.0. The third kappa shape index (κ3) is 4.43. The molecule has 1 aromatic heterocycles. The summed E-state index contributed by atoms with van der Waals surface area (Å²) >= 11 is 0. The Morgan fingerprint density at radius 2 is 1.51 bits per heavy atom. The first kappa shape index (κ1) is 34.4. The lowest BCUT2D eigenvalue weighted by Gasteiger charge is -2.73. The zero-order chi connectivity index (χ0) is 35.1. The van der Waals surface area contributed by atoms with E-state index in [0.717, 1.165) is 69.4 Å². The first-order valence-electron chi connectivity index (χ1n) is 20.6. The molecule has 12 atom stereocenters. The number of amides is 1. The van der Waals surface area contributed by atoms with Crippen molar-refractivity contribution in [2.24, 2.45) is 56.7 Å². The van der Waals surface area contributed by atoms with Crippen LogP contribution < -0.4 is 0 Å². The Balaban J connectivity index is 1.11. The fraction of sp³-hybridized carbons (Fsp3) is 0.884. The Morgan fingerprint density at radius 3 is 2.16 bits per heavy atom. The number of fused-ring (bicyclic) bond motifs is 9. The molecule has 2 bridgehead atoms. The van der Waals surface area contributed by atoms with Gasteiger partial charge in [-0.15, -0.1) is 10.2 Å². The highest BCUT2D eigenvalue weighted by molar-refractivity contribution is 5.85. The van der Waals surface area contributed by atoms with Crippen molar-refractivity contribution in [3.63, 3.8) is 0 Å². The van der Waals surface area contributed by atoms with Crippen molar-refractivity contribution in [1.29, 1.82) is 0 Å². The lowest BCUT2D eigenvalue weighted by Crippen LogP contribution is -2.67. The van der Waals surface area contributed by atoms with Crippen LogP contribution in [-0.2, 0) is 4.79 Å². The second kappa shape index (κ2) is 11.2. The van der Waals surface area contributed by atoms with Gasteiger partial charge in [0.15, 0.2) is 0 Å². The minimum Gasteiger partial charge on any atom is -0.393 e. The van der Waals surface area contributed by atoms with Crippen LogP contribution in [0.2, 0.25) is 0 Å². The summed E-state index contributed by atoms with van der Waals surface area (Å²) in [5.41, 5.74) is 1.83. The van der Waals surface area contributed by atoms with Gasteiger partial charge in [0.1, 0.15) is 11.6 Å². The highest BCUT2D eigenvalue weighted by Crippen LogP contribution is 2.77. The van der Waals surface area contributed by atoms with E-state index in [-0.39, 0.29) is 33.2 Å². The Hall–Kier alpha value is -1.69. The summed E-state index contributed by atoms with van der Waals surface area (Å²) < 4.78 is 2.43. The van der Waals surface area contributed by atoms with Crippen molar-refractivity contribution in [2.45, 2.75) is 182 Å². The molecule has 3 heterocycles. The van der Waals surface area contributed by atoms with E-state index in [9.17, 15) is 5.11 Å². The number of hydrogen-bond acceptors (Lipinski definition) is 4. The van der Waals surface area contributed by atoms with E-state index < -0.39 is 0 Å². The van der Waals surface area contributed by atoms with Gasteiger partial charge in [-0.3, -0.25) is 4.79 Å². The maximum Gasteiger partial charge on any atom is 0.229 e. The zero-order valence-electron chi connectivity index (χ0n) is 32.5. The van der Waals surface area contributed by atoms with Gasteiger partial charge in [0, 0.05) is 24.0 Å². The highest BCUT2D eigenvalue weighted by Gasteiger charge is 2.72. The molecule has 2 saturated heterocycles. The molecule has 5 saturated carbocycles. The Labute approximate surface area is 297 Å². The molecule has 49 heavy (non-hydrogen) atoms. The summed E-state index contributed by atoms with van der Waals surface area (Å²) in [5, 5.41) is 20.3. The number of carbonyl (C=O) groups is 1. The lowest BCUT2D eigenvalue weighted by molar-refractivity contribution is -0.247. The molecule has 0 radical (unpaired) electrons. The number of aryl methyl sites for hydroxylation is 1. The van der Waals surface area contributed by atoms with Gasteiger partial charge < -0.3 is 14.6 Å². The van der Waals surface area contributed by atoms with Gasteiger partial charge in [0.25, 0.3) is 0 Å². The predicted molar refractivity (Wildman–Crippen MR) is 196 cm³/mol. The number of hydrogen-bond donors (Lipinski definition) is 1. The maximum atomic E-state index is 15.5. The summed E-state index contributed by atoms with van der Waals surface area (Å²) in [5.74, 6) is 5.71. The molecule has 5 aliphatic carbocycles. The highest BCUT2D eigenvalue weighted by atomic mass is 16.3. The van der Waals surface area contributed by atoms with E-state index in [1.807, 2.05) is 0 Å². The fourth-order valence-electron chi connectivity index (χ4n) is 15.7. The number of carbonyl (C=O) groups excluding carboxylic acids is 1. The first-order valence-corrected chi connectivity index (χ1v) is 20.6. The molecule has 1 N–H and O–H groups in total. The summed E-state index contributed by atoms with van der Waals surface area (Å²) in [6.07, 6.45) is 15.7. The van der Waals surface area contributed by atoms with Crippen LogP contribution in [0.4, 0.5) is 0 Å². The third-order valence-corrected chi connectivity index (χ3v) is 18.2. The molecule has 7 fully saturated rings. The van der Waals surface area contributed by atoms with Gasteiger partial charge in [0.05, 0.1) is 11.5 Å². The van der Waals surface area contributed by atoms with E-state index in [1.165, 1.54) is 37.7 Å². The van der Waals surface area contributed by atoms with Gasteiger partial charge in [-0.2, -0.15) is 0 Å². The molecular formula is C43H68N4O2. The Morgan fingerprint density at radius 1 is 0.816 bits per heavy atom. The van der Waals surface area contributed by atoms with Crippen molar-refractivity contribution >= 4 is 5.91 Å². The van der Waals surface area contributed by atoms with Gasteiger partial charge in [-0.05, 0) is 155 Å². The molecule has 0 aromatic carbocycles. The normalized spacial score (nSPS) is 48.5. The van der Waals surface area contributed by atoms with Gasteiger partial charge in [-0.1, -0.05) is 60.6 Å². The van der Waals surface area contributed by atoms with E-state index in [0.29, 0.717) is 59.5 Å². The summed E-state index contributed by atoms with van der Waals surface area (Å²) in [6, 6.07) is 1.05. The molecular weight excluding hydrogens is 604 g/mol. The van der Waals surface area contributed by atoms with E-state index >= 15 is 4.79 Å². The summed E-state index contributed by atoms with van der Waals surface area (Å²) in [6.45, 7) is 26.2. The number of aliphatic hydroxyl groups excluding tert-OH is 1. The summed E-state index contributed by atoms with van der Waals surface area (Å²) in [7, 11) is 0. The molecule has 6 heteroatoms. The van der Waals surface area contributed by atoms with E-state index in [4.69, 9.17) is 0 Å². The van der Waals surface area contributed by atoms with Crippen molar-refractivity contribution in [3.8, 4) is 0 Å². The van der Waals surface area contributed by atoms with Gasteiger partial charge in [-0.25, -0.2) is 0 Å². The van der Waals surface area contributed by atoms with Crippen LogP contribution >= 0.6 is 0 Å². The molecule has 8 rings (SSSR count). The topological polar surface area (TPSA) is 71.2 Å². The minimum atomic E-state index is -0.238. The number of rotatable bonds is 4. The van der Waals surface area contributed by atoms with Crippen LogP contribution in [0.3, 0.4) is 0 Å². The molecule has 7 aliphatic rings. The second-order valence-corrected chi connectivity index (χ2v) is 20.6. The third-order valence-electron chi connectivity index (χ3n) is 18.2. The van der Waals surface area contributed by atoms with Crippen LogP contribution in [-0.4, -0.2) is 48.9 Å². The van der Waals surface area contributed by atoms with Gasteiger partial charge in [0.2, 0.25) is 5.91 Å². The molecule has 2 aliphatic heterocycles. The van der Waals surface area contributed by atoms with Crippen molar-refractivity contribution in [1.82, 2.24) is 19.7 Å². The largest absolute Gasteiger partial charge is 0.393 e. The summed E-state index contributed by atoms with van der Waals surface area (Å²) in [4.78, 5) is 18.0. The monoisotopic (exact) mass is 673 g/mol. The number of piperidine rings is 1. The van der Waals surface area contributed by atoms with Crippen molar-refractivity contribution in [2.75, 3.05) is 0 Å². The SMILES string of the molecule is C=C(C)[C@@H]1CCC2(C(=O)N3C4CCC3CC(n3c(C)nnc3C(C)C)C4)CC[C@]3(C)[C@H](CC[C@@H]4[C@@]5(C)CCC(O)C(C)(C)[C@@H]5CC[C@]43C)[C@@H]12. The van der Waals surface area contributed by atoms with Crippen LogP contribution in [0, 0.1) is 63.6 Å². The standard InChI is InChI=1S/C43H68N4O2/c1-25(2)31-15-20-43(38(49)47-28-11-12-29(47)24-30(23-28)46-27(5)44-45-37(46)26(3)4)22-21-41(9)32(36(31)43)13-14-34-40(8)18-17-35(48)39(6,7)33(40)16-19-42(34,41)10/h26,28-36,48H,1,11-24H2,2-10H3/t28?,29?,30?,31-,32+,33-,34+,35?,36+,40-,41+,42+,43?/m0/s1. The number of nitrogens with zero attached hydrogens (tertiary/aromatic N) is 4. The van der Waals surface area contributed by atoms with Crippen LogP contribution in [0.25, 0.3) is 0 Å². The van der Waals surface area contributed by atoms with Crippen molar-refractivity contribution in [3.05, 3.63) is 23.8 Å². The lowest BCUT2D eigenvalue weighted by atomic mass is 9.32. The number of aromatic nitrogens is 3. The molecule has 1 aromatic rings. The van der Waals surface area contributed by atoms with E-state index in [1.54, 1.807) is 0 Å². The quantitative estimate of drug-likeness (QED) is 0.324. The predicted octanol–water partition coefficient (Wildman–Crippen LogP) is 9.42. The molecule has 1 amide bonds. The zero-order valence-corrected chi connectivity index (χ0v) is 32.5. The second-order valence-electron chi connectivity index (χ2n) is 20.6. The smallest absolute Gasteiger partial charge is 0.229 e. The Bertz CT molecular complexity index is 1500. The molecule has 6 nitrogen and oxygen atoms in total. The maximum absolute atomic E-state index is 15.5. The molecule has 4 unspecified atom stereocenters. The van der Waals surface area contributed by atoms with Gasteiger partial charge >= 0.3 is 0 Å². The van der Waals surface area contributed by atoms with Crippen LogP contribution in [0.1, 0.15) is 169 Å². The molecule has 0 spiro atoms. The Kier molecular flexibility index (Phi) is 7.83. The average Bonchev–Trinajstić information content (AvgIpc) is 3.71. The average molecular weight is 673 g/mol. The number of aliphatic hydroxyl groups is 1. The number of allylic oxidation sites excluding steroid dienone is 1. The molecule has 272 valence electrons. The van der Waals surface area contributed by atoms with Crippen LogP contribution in [0.5, 0.6) is 0 Å². The fourth-order valence-corrected chi connectivity index (χ4v) is 15.7. The minimum absolute atomic E-state index is 0.0209.